The van der Waals surface area contributed by atoms with Gasteiger partial charge in [-0.2, -0.15) is 9.40 Å². The zero-order valence-electron chi connectivity index (χ0n) is 17.1. The van der Waals surface area contributed by atoms with Crippen LogP contribution in [-0.2, 0) is 28.3 Å². The smallest absolute Gasteiger partial charge is 0.246 e. The van der Waals surface area contributed by atoms with Gasteiger partial charge in [-0.05, 0) is 37.6 Å². The van der Waals surface area contributed by atoms with Crippen molar-refractivity contribution in [2.45, 2.75) is 24.7 Å². The molecule has 1 aliphatic rings. The normalized spacial score (nSPS) is 19.7. The van der Waals surface area contributed by atoms with Crippen molar-refractivity contribution in [3.05, 3.63) is 53.8 Å². The number of nitrogens with zero attached hydrogens (tertiary/aromatic N) is 4. The van der Waals surface area contributed by atoms with Gasteiger partial charge >= 0.3 is 0 Å². The van der Waals surface area contributed by atoms with Crippen LogP contribution in [0.25, 0.3) is 11.3 Å². The first kappa shape index (κ1) is 21.2. The van der Waals surface area contributed by atoms with E-state index in [1.54, 1.807) is 32.2 Å². The Balaban J connectivity index is 1.58. The average molecular weight is 447 g/mol. The highest BCUT2D eigenvalue weighted by molar-refractivity contribution is 7.89. The highest BCUT2D eigenvalue weighted by Gasteiger charge is 2.48. The Morgan fingerprint density at radius 1 is 1.32 bits per heavy atom. The van der Waals surface area contributed by atoms with Gasteiger partial charge in [0.2, 0.25) is 15.9 Å². The summed E-state index contributed by atoms with van der Waals surface area (Å²) in [5, 5.41) is 7.99. The minimum Gasteiger partial charge on any atom is -0.369 e. The highest BCUT2D eigenvalue weighted by atomic mass is 32.2. The monoisotopic (exact) mass is 447 g/mol. The number of sulfonamides is 1. The molecule has 1 fully saturated rings. The fraction of sp³-hybridized carbons (Fsp3) is 0.350. The lowest BCUT2D eigenvalue weighted by Crippen LogP contribution is -2.42. The Labute approximate surface area is 178 Å². The number of hydrogen-bond acceptors (Lipinski definition) is 6. The van der Waals surface area contributed by atoms with Crippen LogP contribution in [0.4, 0.5) is 4.39 Å². The third-order valence-corrected chi connectivity index (χ3v) is 7.81. The molecule has 0 saturated carbocycles. The SMILES string of the molecule is Cc1c(S(=O)(=O)N2CC[C@](Cc3cc(-c4ccc(F)cc4)no3)(C(N)=O)C2)cnn1C. The fourth-order valence-corrected chi connectivity index (χ4v) is 5.54. The second-order valence-electron chi connectivity index (χ2n) is 7.81. The third kappa shape index (κ3) is 3.74. The van der Waals surface area contributed by atoms with Crippen molar-refractivity contribution in [1.82, 2.24) is 19.2 Å². The van der Waals surface area contributed by atoms with Gasteiger partial charge in [0.25, 0.3) is 0 Å². The van der Waals surface area contributed by atoms with Crippen LogP contribution in [0.1, 0.15) is 17.9 Å². The maximum Gasteiger partial charge on any atom is 0.246 e. The van der Waals surface area contributed by atoms with Gasteiger partial charge < -0.3 is 10.3 Å². The summed E-state index contributed by atoms with van der Waals surface area (Å²) in [6, 6.07) is 7.42. The summed E-state index contributed by atoms with van der Waals surface area (Å²) in [5.41, 5.74) is 6.25. The summed E-state index contributed by atoms with van der Waals surface area (Å²) >= 11 is 0. The molecular formula is C20H22FN5O4S. The molecule has 31 heavy (non-hydrogen) atoms. The van der Waals surface area contributed by atoms with E-state index in [1.807, 2.05) is 0 Å². The molecule has 0 spiro atoms. The summed E-state index contributed by atoms with van der Waals surface area (Å²) in [6.45, 7) is 1.76. The van der Waals surface area contributed by atoms with E-state index in [0.717, 1.165) is 0 Å². The van der Waals surface area contributed by atoms with E-state index in [1.165, 1.54) is 27.3 Å². The summed E-state index contributed by atoms with van der Waals surface area (Å²) in [5.74, 6) is -0.570. The molecular weight excluding hydrogens is 425 g/mol. The predicted molar refractivity (Wildman–Crippen MR) is 109 cm³/mol. The molecule has 1 saturated heterocycles. The number of primary amides is 1. The molecule has 1 amide bonds. The van der Waals surface area contributed by atoms with Crippen LogP contribution in [0.3, 0.4) is 0 Å². The quantitative estimate of drug-likeness (QED) is 0.612. The largest absolute Gasteiger partial charge is 0.369 e. The van der Waals surface area contributed by atoms with Crippen LogP contribution in [-0.4, -0.2) is 46.7 Å². The Bertz CT molecular complexity index is 1230. The van der Waals surface area contributed by atoms with Gasteiger partial charge in [0, 0.05) is 38.2 Å². The lowest BCUT2D eigenvalue weighted by Gasteiger charge is -2.24. The van der Waals surface area contributed by atoms with Crippen molar-refractivity contribution < 1.29 is 22.1 Å². The first-order chi connectivity index (χ1) is 14.6. The Hall–Kier alpha value is -3.05. The van der Waals surface area contributed by atoms with Crippen molar-refractivity contribution in [3.8, 4) is 11.3 Å². The molecule has 2 N–H and O–H groups in total. The molecule has 9 nitrogen and oxygen atoms in total. The maximum absolute atomic E-state index is 13.1. The predicted octanol–water partition coefficient (Wildman–Crippen LogP) is 1.63. The molecule has 3 aromatic rings. The van der Waals surface area contributed by atoms with Gasteiger partial charge in [0.15, 0.2) is 0 Å². The topological polar surface area (TPSA) is 124 Å². The first-order valence-electron chi connectivity index (χ1n) is 9.63. The zero-order valence-corrected chi connectivity index (χ0v) is 17.9. The lowest BCUT2D eigenvalue weighted by molar-refractivity contribution is -0.127. The number of hydrogen-bond donors (Lipinski definition) is 1. The molecule has 0 bridgehead atoms. The number of halogens is 1. The second-order valence-corrected chi connectivity index (χ2v) is 9.72. The van der Waals surface area contributed by atoms with Crippen molar-refractivity contribution in [1.29, 1.82) is 0 Å². The van der Waals surface area contributed by atoms with Gasteiger partial charge in [0.05, 0.1) is 17.3 Å². The van der Waals surface area contributed by atoms with Crippen molar-refractivity contribution in [2.75, 3.05) is 13.1 Å². The van der Waals surface area contributed by atoms with Gasteiger partial charge in [-0.1, -0.05) is 5.16 Å². The molecule has 1 aromatic carbocycles. The van der Waals surface area contributed by atoms with Crippen molar-refractivity contribution >= 4 is 15.9 Å². The van der Waals surface area contributed by atoms with E-state index in [2.05, 4.69) is 10.3 Å². The number of aromatic nitrogens is 3. The molecule has 3 heterocycles. The van der Waals surface area contributed by atoms with Crippen LogP contribution >= 0.6 is 0 Å². The Morgan fingerprint density at radius 3 is 2.65 bits per heavy atom. The number of rotatable bonds is 6. The summed E-state index contributed by atoms with van der Waals surface area (Å²) in [6.07, 6.45) is 1.67. The molecule has 164 valence electrons. The average Bonchev–Trinajstić information content (AvgIpc) is 3.44. The minimum atomic E-state index is -3.83. The number of amides is 1. The highest BCUT2D eigenvalue weighted by Crippen LogP contribution is 2.38. The van der Waals surface area contributed by atoms with Crippen LogP contribution in [0.15, 0.2) is 45.9 Å². The summed E-state index contributed by atoms with van der Waals surface area (Å²) in [4.78, 5) is 12.5. The molecule has 0 radical (unpaired) electrons. The molecule has 1 aliphatic heterocycles. The fourth-order valence-electron chi connectivity index (χ4n) is 3.83. The number of nitrogens with two attached hydrogens (primary N) is 1. The van der Waals surface area contributed by atoms with Gasteiger partial charge in [-0.25, -0.2) is 12.8 Å². The molecule has 1 atom stereocenters. The standard InChI is InChI=1S/C20H22FN5O4S/c1-13-18(11-23-25(13)2)31(28,29)26-8-7-20(12-26,19(22)27)10-16-9-17(24-30-16)14-3-5-15(21)6-4-14/h3-6,9,11H,7-8,10,12H2,1-2H3,(H2,22,27)/t20-/m1/s1. The van der Waals surface area contributed by atoms with E-state index in [4.69, 9.17) is 10.3 Å². The molecule has 2 aromatic heterocycles. The summed E-state index contributed by atoms with van der Waals surface area (Å²) < 4.78 is 47.5. The first-order valence-corrected chi connectivity index (χ1v) is 11.1. The van der Waals surface area contributed by atoms with Crippen LogP contribution < -0.4 is 5.73 Å². The number of benzene rings is 1. The van der Waals surface area contributed by atoms with E-state index in [9.17, 15) is 17.6 Å². The van der Waals surface area contributed by atoms with Crippen LogP contribution in [0.2, 0.25) is 0 Å². The van der Waals surface area contributed by atoms with E-state index >= 15 is 0 Å². The molecule has 0 aliphatic carbocycles. The summed E-state index contributed by atoms with van der Waals surface area (Å²) in [7, 11) is -2.17. The minimum absolute atomic E-state index is 0.0639. The van der Waals surface area contributed by atoms with E-state index in [0.29, 0.717) is 22.7 Å². The van der Waals surface area contributed by atoms with Gasteiger partial charge in [0.1, 0.15) is 22.2 Å². The Morgan fingerprint density at radius 2 is 2.03 bits per heavy atom. The number of carbonyl (C=O) groups is 1. The molecule has 11 heteroatoms. The van der Waals surface area contributed by atoms with Crippen LogP contribution in [0, 0.1) is 18.2 Å². The number of carbonyl (C=O) groups excluding carboxylic acids is 1. The van der Waals surface area contributed by atoms with Gasteiger partial charge in [-0.15, -0.1) is 0 Å². The molecule has 0 unspecified atom stereocenters. The maximum atomic E-state index is 13.1. The van der Waals surface area contributed by atoms with Crippen molar-refractivity contribution in [3.63, 3.8) is 0 Å². The second kappa shape index (κ2) is 7.57. The zero-order chi connectivity index (χ0) is 22.4. The van der Waals surface area contributed by atoms with Gasteiger partial charge in [-0.3, -0.25) is 9.48 Å². The van der Waals surface area contributed by atoms with E-state index in [-0.39, 0.29) is 36.6 Å². The van der Waals surface area contributed by atoms with Crippen LogP contribution in [0.5, 0.6) is 0 Å². The van der Waals surface area contributed by atoms with Crippen molar-refractivity contribution in [2.24, 2.45) is 18.2 Å². The Kier molecular flexibility index (Phi) is 5.18. The molecule has 4 rings (SSSR count). The van der Waals surface area contributed by atoms with E-state index < -0.39 is 21.3 Å². The third-order valence-electron chi connectivity index (χ3n) is 5.86. The lowest BCUT2D eigenvalue weighted by atomic mass is 9.82. The number of aryl methyl sites for hydroxylation is 1.